The van der Waals surface area contributed by atoms with Gasteiger partial charge in [0, 0.05) is 6.42 Å². The Kier molecular flexibility index (Phi) is 10.1. The molecule has 0 aromatic carbocycles. The number of ether oxygens (including phenoxy) is 2. The maximum absolute atomic E-state index is 11.8. The Morgan fingerprint density at radius 1 is 0.900 bits per heavy atom. The molecule has 0 N–H and O–H groups in total. The Morgan fingerprint density at radius 2 is 1.45 bits per heavy atom. The molecular formula is C16H30O4. The predicted molar refractivity (Wildman–Crippen MR) is 79.3 cm³/mol. The lowest BCUT2D eigenvalue weighted by molar-refractivity contribution is -0.156. The van der Waals surface area contributed by atoms with Crippen LogP contribution in [0.1, 0.15) is 66.7 Å². The molecule has 20 heavy (non-hydrogen) atoms. The van der Waals surface area contributed by atoms with E-state index in [9.17, 15) is 9.59 Å². The molecule has 118 valence electrons. The number of hydrogen-bond acceptors (Lipinski definition) is 4. The molecule has 0 spiro atoms. The zero-order valence-electron chi connectivity index (χ0n) is 13.6. The molecule has 0 aliphatic rings. The van der Waals surface area contributed by atoms with Crippen LogP contribution in [0, 0.1) is 11.8 Å². The number of hydrogen-bond donors (Lipinski definition) is 0. The monoisotopic (exact) mass is 286 g/mol. The normalized spacial score (nSPS) is 15.2. The molecular weight excluding hydrogens is 256 g/mol. The van der Waals surface area contributed by atoms with Crippen LogP contribution in [0.25, 0.3) is 0 Å². The van der Waals surface area contributed by atoms with Gasteiger partial charge in [-0.25, -0.2) is 0 Å². The van der Waals surface area contributed by atoms with Crippen molar-refractivity contribution in [1.82, 2.24) is 0 Å². The van der Waals surface area contributed by atoms with Crippen LogP contribution in [0.3, 0.4) is 0 Å². The van der Waals surface area contributed by atoms with Crippen molar-refractivity contribution in [2.75, 3.05) is 6.61 Å². The van der Waals surface area contributed by atoms with Crippen LogP contribution >= 0.6 is 0 Å². The molecule has 0 radical (unpaired) electrons. The molecule has 0 amide bonds. The third kappa shape index (κ3) is 7.51. The highest BCUT2D eigenvalue weighted by Crippen LogP contribution is 2.13. The van der Waals surface area contributed by atoms with Crippen LogP contribution in [0.4, 0.5) is 0 Å². The number of esters is 2. The zero-order valence-corrected chi connectivity index (χ0v) is 13.6. The molecule has 4 heteroatoms. The molecule has 3 atom stereocenters. The molecule has 0 bridgehead atoms. The highest BCUT2D eigenvalue weighted by atomic mass is 16.6. The van der Waals surface area contributed by atoms with Gasteiger partial charge in [-0.2, -0.15) is 0 Å². The third-order valence-corrected chi connectivity index (χ3v) is 3.61. The highest BCUT2D eigenvalue weighted by Gasteiger charge is 2.19. The van der Waals surface area contributed by atoms with Crippen LogP contribution < -0.4 is 0 Å². The van der Waals surface area contributed by atoms with Crippen molar-refractivity contribution in [3.8, 4) is 0 Å². The largest absolute Gasteiger partial charge is 0.465 e. The van der Waals surface area contributed by atoms with Gasteiger partial charge >= 0.3 is 11.9 Å². The minimum Gasteiger partial charge on any atom is -0.465 e. The molecule has 0 fully saturated rings. The minimum absolute atomic E-state index is 0.0673. The van der Waals surface area contributed by atoms with Crippen molar-refractivity contribution in [2.45, 2.75) is 72.8 Å². The topological polar surface area (TPSA) is 52.6 Å². The second kappa shape index (κ2) is 10.7. The quantitative estimate of drug-likeness (QED) is 0.574. The van der Waals surface area contributed by atoms with E-state index in [-0.39, 0.29) is 29.9 Å². The molecule has 0 heterocycles. The fourth-order valence-corrected chi connectivity index (χ4v) is 1.63. The Balaban J connectivity index is 4.15. The lowest BCUT2D eigenvalue weighted by Crippen LogP contribution is -2.25. The lowest BCUT2D eigenvalue weighted by Gasteiger charge is -2.19. The first kappa shape index (κ1) is 18.9. The van der Waals surface area contributed by atoms with E-state index in [2.05, 4.69) is 6.92 Å². The van der Waals surface area contributed by atoms with Crippen LogP contribution in [-0.2, 0) is 19.1 Å². The van der Waals surface area contributed by atoms with Gasteiger partial charge in [0.15, 0.2) is 0 Å². The zero-order chi connectivity index (χ0) is 15.5. The standard InChI is InChI=1S/C16H30O4/c1-6-9-14(20-16(18)13(5)8-3)10-11-19-15(17)12(4)7-2/h12-14H,6-11H2,1-5H3. The highest BCUT2D eigenvalue weighted by molar-refractivity contribution is 5.72. The van der Waals surface area contributed by atoms with E-state index in [1.54, 1.807) is 0 Å². The molecule has 3 unspecified atom stereocenters. The second-order valence-electron chi connectivity index (χ2n) is 5.42. The fourth-order valence-electron chi connectivity index (χ4n) is 1.63. The van der Waals surface area contributed by atoms with Crippen molar-refractivity contribution in [2.24, 2.45) is 11.8 Å². The van der Waals surface area contributed by atoms with Crippen molar-refractivity contribution in [1.29, 1.82) is 0 Å². The molecule has 0 aliphatic carbocycles. The Labute approximate surface area is 123 Å². The van der Waals surface area contributed by atoms with E-state index >= 15 is 0 Å². The van der Waals surface area contributed by atoms with Gasteiger partial charge in [-0.05, 0) is 19.3 Å². The Bertz CT molecular complexity index is 288. The lowest BCUT2D eigenvalue weighted by atomic mass is 10.1. The molecule has 0 aromatic heterocycles. The Hall–Kier alpha value is -1.06. The van der Waals surface area contributed by atoms with E-state index in [0.29, 0.717) is 13.0 Å². The summed E-state index contributed by atoms with van der Waals surface area (Å²) in [5.41, 5.74) is 0. The molecule has 0 saturated heterocycles. The molecule has 4 nitrogen and oxygen atoms in total. The van der Waals surface area contributed by atoms with Gasteiger partial charge in [-0.15, -0.1) is 0 Å². The first-order valence-electron chi connectivity index (χ1n) is 7.83. The summed E-state index contributed by atoms with van der Waals surface area (Å²) in [6, 6.07) is 0. The van der Waals surface area contributed by atoms with Gasteiger partial charge in [-0.1, -0.05) is 41.0 Å². The minimum atomic E-state index is -0.170. The third-order valence-electron chi connectivity index (χ3n) is 3.61. The van der Waals surface area contributed by atoms with Crippen molar-refractivity contribution in [3.63, 3.8) is 0 Å². The van der Waals surface area contributed by atoms with Crippen molar-refractivity contribution >= 4 is 11.9 Å². The van der Waals surface area contributed by atoms with Crippen LogP contribution in [0.15, 0.2) is 0 Å². The summed E-state index contributed by atoms with van der Waals surface area (Å²) in [6.45, 7) is 10.0. The summed E-state index contributed by atoms with van der Waals surface area (Å²) >= 11 is 0. The smallest absolute Gasteiger partial charge is 0.308 e. The first-order valence-corrected chi connectivity index (χ1v) is 7.83. The summed E-state index contributed by atoms with van der Waals surface area (Å²) < 4.78 is 10.7. The second-order valence-corrected chi connectivity index (χ2v) is 5.42. The van der Waals surface area contributed by atoms with Crippen LogP contribution in [-0.4, -0.2) is 24.6 Å². The number of carbonyl (C=O) groups excluding carboxylic acids is 2. The van der Waals surface area contributed by atoms with E-state index in [1.165, 1.54) is 0 Å². The maximum atomic E-state index is 11.8. The fraction of sp³-hybridized carbons (Fsp3) is 0.875. The summed E-state index contributed by atoms with van der Waals surface area (Å²) in [4.78, 5) is 23.3. The van der Waals surface area contributed by atoms with Gasteiger partial charge < -0.3 is 9.47 Å². The van der Waals surface area contributed by atoms with E-state index in [0.717, 1.165) is 25.7 Å². The SMILES string of the molecule is CCCC(CCOC(=O)C(C)CC)OC(=O)C(C)CC. The first-order chi connectivity index (χ1) is 9.46. The van der Waals surface area contributed by atoms with Gasteiger partial charge in [0.1, 0.15) is 6.10 Å². The van der Waals surface area contributed by atoms with Gasteiger partial charge in [0.05, 0.1) is 18.4 Å². The summed E-state index contributed by atoms with van der Waals surface area (Å²) in [5, 5.41) is 0. The molecule has 0 rings (SSSR count). The van der Waals surface area contributed by atoms with Gasteiger partial charge in [0.2, 0.25) is 0 Å². The average Bonchev–Trinajstić information content (AvgIpc) is 2.45. The Morgan fingerprint density at radius 3 is 1.95 bits per heavy atom. The number of carbonyl (C=O) groups is 2. The van der Waals surface area contributed by atoms with Crippen LogP contribution in [0.5, 0.6) is 0 Å². The van der Waals surface area contributed by atoms with Gasteiger partial charge in [-0.3, -0.25) is 9.59 Å². The average molecular weight is 286 g/mol. The van der Waals surface area contributed by atoms with Crippen molar-refractivity contribution < 1.29 is 19.1 Å². The van der Waals surface area contributed by atoms with Crippen molar-refractivity contribution in [3.05, 3.63) is 0 Å². The molecule has 0 aliphatic heterocycles. The number of rotatable bonds is 10. The summed E-state index contributed by atoms with van der Waals surface area (Å²) in [6.07, 6.45) is 3.74. The summed E-state index contributed by atoms with van der Waals surface area (Å²) in [5.74, 6) is -0.463. The molecule has 0 saturated carbocycles. The predicted octanol–water partition coefficient (Wildman–Crippen LogP) is 3.72. The molecule has 0 aromatic rings. The maximum Gasteiger partial charge on any atom is 0.308 e. The van der Waals surface area contributed by atoms with E-state index in [4.69, 9.17) is 9.47 Å². The van der Waals surface area contributed by atoms with Gasteiger partial charge in [0.25, 0.3) is 0 Å². The van der Waals surface area contributed by atoms with Crippen LogP contribution in [0.2, 0.25) is 0 Å². The summed E-state index contributed by atoms with van der Waals surface area (Å²) in [7, 11) is 0. The van der Waals surface area contributed by atoms with E-state index in [1.807, 2.05) is 27.7 Å². The van der Waals surface area contributed by atoms with E-state index < -0.39 is 0 Å².